The lowest BCUT2D eigenvalue weighted by molar-refractivity contribution is 0.102. The number of rotatable bonds is 13. The molecule has 0 heterocycles. The van der Waals surface area contributed by atoms with E-state index in [1.807, 2.05) is 42.5 Å². The summed E-state index contributed by atoms with van der Waals surface area (Å²) in [7, 11) is 0. The monoisotopic (exact) mass is 380 g/mol. The first-order valence-corrected chi connectivity index (χ1v) is 9.33. The van der Waals surface area contributed by atoms with E-state index in [-0.39, 0.29) is 5.91 Å². The number of carbonyl (C=O) groups excluding carboxylic acids is 1. The molecule has 0 unspecified atom stereocenters. The lowest BCUT2D eigenvalue weighted by Crippen LogP contribution is -2.31. The third-order valence-corrected chi connectivity index (χ3v) is 3.99. The maximum Gasteiger partial charge on any atom is 0.255 e. The molecular formula is C23H28N2O3. The van der Waals surface area contributed by atoms with Crippen LogP contribution in [0.2, 0.25) is 0 Å². The maximum absolute atomic E-state index is 12.4. The molecule has 0 atom stereocenters. The van der Waals surface area contributed by atoms with Crippen molar-refractivity contribution in [2.24, 2.45) is 0 Å². The molecule has 28 heavy (non-hydrogen) atoms. The van der Waals surface area contributed by atoms with Crippen molar-refractivity contribution in [1.29, 1.82) is 0 Å². The van der Waals surface area contributed by atoms with Crippen molar-refractivity contribution in [2.45, 2.75) is 0 Å². The van der Waals surface area contributed by atoms with E-state index in [9.17, 15) is 4.79 Å². The smallest absolute Gasteiger partial charge is 0.255 e. The molecule has 0 saturated carbocycles. The summed E-state index contributed by atoms with van der Waals surface area (Å²) in [5, 5.41) is 2.95. The van der Waals surface area contributed by atoms with Gasteiger partial charge < -0.3 is 19.7 Å². The average Bonchev–Trinajstić information content (AvgIpc) is 2.73. The molecular weight excluding hydrogens is 352 g/mol. The van der Waals surface area contributed by atoms with Crippen LogP contribution >= 0.6 is 0 Å². The van der Waals surface area contributed by atoms with Gasteiger partial charge in [0, 0.05) is 30.0 Å². The molecule has 148 valence electrons. The Morgan fingerprint density at radius 3 is 2.18 bits per heavy atom. The number of hydrogen-bond donors (Lipinski definition) is 1. The van der Waals surface area contributed by atoms with Crippen LogP contribution in [0.15, 0.2) is 79.9 Å². The molecule has 2 aromatic carbocycles. The van der Waals surface area contributed by atoms with Crippen LogP contribution in [-0.2, 0) is 9.47 Å². The van der Waals surface area contributed by atoms with E-state index in [4.69, 9.17) is 9.47 Å². The fourth-order valence-corrected chi connectivity index (χ4v) is 2.63. The van der Waals surface area contributed by atoms with Gasteiger partial charge in [0.15, 0.2) is 0 Å². The Morgan fingerprint density at radius 1 is 0.929 bits per heavy atom. The molecule has 0 aliphatic rings. The Bertz CT molecular complexity index is 731. The molecule has 5 heteroatoms. The van der Waals surface area contributed by atoms with Crippen LogP contribution < -0.4 is 10.2 Å². The van der Waals surface area contributed by atoms with Crippen LogP contribution in [0.3, 0.4) is 0 Å². The minimum atomic E-state index is -0.132. The fraction of sp³-hybridized carbons (Fsp3) is 0.261. The average molecular weight is 380 g/mol. The normalized spacial score (nSPS) is 10.3. The predicted octanol–water partition coefficient (Wildman–Crippen LogP) is 4.15. The number of amides is 1. The minimum Gasteiger partial charge on any atom is -0.376 e. The van der Waals surface area contributed by atoms with Gasteiger partial charge in [0.05, 0.1) is 26.4 Å². The highest BCUT2D eigenvalue weighted by Crippen LogP contribution is 2.20. The molecule has 0 fully saturated rings. The largest absolute Gasteiger partial charge is 0.376 e. The lowest BCUT2D eigenvalue weighted by Gasteiger charge is -2.25. The van der Waals surface area contributed by atoms with Crippen LogP contribution in [0.4, 0.5) is 11.4 Å². The molecule has 0 aliphatic carbocycles. The van der Waals surface area contributed by atoms with Gasteiger partial charge in [-0.2, -0.15) is 0 Å². The second-order valence-corrected chi connectivity index (χ2v) is 6.08. The molecule has 0 spiro atoms. The highest BCUT2D eigenvalue weighted by molar-refractivity contribution is 6.04. The second-order valence-electron chi connectivity index (χ2n) is 6.08. The summed E-state index contributed by atoms with van der Waals surface area (Å²) in [6.07, 6.45) is 3.47. The molecule has 0 aromatic heterocycles. The van der Waals surface area contributed by atoms with E-state index in [1.165, 1.54) is 0 Å². The number of hydrogen-bond acceptors (Lipinski definition) is 4. The maximum atomic E-state index is 12.4. The summed E-state index contributed by atoms with van der Waals surface area (Å²) in [4.78, 5) is 14.6. The van der Waals surface area contributed by atoms with Crippen molar-refractivity contribution in [2.75, 3.05) is 49.7 Å². The van der Waals surface area contributed by atoms with Gasteiger partial charge in [-0.3, -0.25) is 4.79 Å². The molecule has 0 radical (unpaired) electrons. The van der Waals surface area contributed by atoms with Crippen LogP contribution in [0.1, 0.15) is 10.4 Å². The number of benzene rings is 2. The van der Waals surface area contributed by atoms with Crippen molar-refractivity contribution in [1.82, 2.24) is 0 Å². The third-order valence-electron chi connectivity index (χ3n) is 3.99. The fourth-order valence-electron chi connectivity index (χ4n) is 2.63. The van der Waals surface area contributed by atoms with Gasteiger partial charge in [0.2, 0.25) is 0 Å². The van der Waals surface area contributed by atoms with E-state index in [0.717, 1.165) is 11.4 Å². The SMILES string of the molecule is C=CCOCCN(CCOCC=C)c1cccc(NC(=O)c2ccccc2)c1. The first kappa shape index (κ1) is 21.4. The molecule has 1 N–H and O–H groups in total. The van der Waals surface area contributed by atoms with Crippen molar-refractivity contribution in [3.8, 4) is 0 Å². The minimum absolute atomic E-state index is 0.132. The Hall–Kier alpha value is -2.89. The van der Waals surface area contributed by atoms with E-state index in [0.29, 0.717) is 45.1 Å². The van der Waals surface area contributed by atoms with Crippen LogP contribution in [-0.4, -0.2) is 45.4 Å². The highest BCUT2D eigenvalue weighted by atomic mass is 16.5. The predicted molar refractivity (Wildman–Crippen MR) is 115 cm³/mol. The van der Waals surface area contributed by atoms with Crippen LogP contribution in [0.25, 0.3) is 0 Å². The van der Waals surface area contributed by atoms with E-state index in [2.05, 4.69) is 23.4 Å². The van der Waals surface area contributed by atoms with E-state index >= 15 is 0 Å². The van der Waals surface area contributed by atoms with Crippen molar-refractivity contribution < 1.29 is 14.3 Å². The Labute approximate surface area is 167 Å². The summed E-state index contributed by atoms with van der Waals surface area (Å²) < 4.78 is 11.1. The zero-order chi connectivity index (χ0) is 20.0. The van der Waals surface area contributed by atoms with Gasteiger partial charge in [-0.25, -0.2) is 0 Å². The van der Waals surface area contributed by atoms with Crippen molar-refractivity contribution in [3.05, 3.63) is 85.5 Å². The first-order chi connectivity index (χ1) is 13.7. The number of carbonyl (C=O) groups is 1. The molecule has 1 amide bonds. The van der Waals surface area contributed by atoms with Crippen molar-refractivity contribution in [3.63, 3.8) is 0 Å². The van der Waals surface area contributed by atoms with Gasteiger partial charge >= 0.3 is 0 Å². The summed E-state index contributed by atoms with van der Waals surface area (Å²) in [5.74, 6) is -0.132. The highest BCUT2D eigenvalue weighted by Gasteiger charge is 2.10. The molecule has 2 aromatic rings. The van der Waals surface area contributed by atoms with Gasteiger partial charge in [0.1, 0.15) is 0 Å². The zero-order valence-corrected chi connectivity index (χ0v) is 16.2. The Kier molecular flexibility index (Phi) is 9.55. The Morgan fingerprint density at radius 2 is 1.57 bits per heavy atom. The summed E-state index contributed by atoms with van der Waals surface area (Å²) in [5.41, 5.74) is 2.37. The van der Waals surface area contributed by atoms with Gasteiger partial charge in [-0.15, -0.1) is 13.2 Å². The van der Waals surface area contributed by atoms with Gasteiger partial charge in [-0.05, 0) is 30.3 Å². The molecule has 0 aliphatic heterocycles. The number of ether oxygens (including phenoxy) is 2. The van der Waals surface area contributed by atoms with Gasteiger partial charge in [-0.1, -0.05) is 36.4 Å². The number of nitrogens with one attached hydrogen (secondary N) is 1. The molecule has 0 saturated heterocycles. The third kappa shape index (κ3) is 7.39. The topological polar surface area (TPSA) is 50.8 Å². The van der Waals surface area contributed by atoms with E-state index in [1.54, 1.807) is 24.3 Å². The molecule has 5 nitrogen and oxygen atoms in total. The lowest BCUT2D eigenvalue weighted by atomic mass is 10.2. The molecule has 2 rings (SSSR count). The number of anilines is 2. The first-order valence-electron chi connectivity index (χ1n) is 9.33. The second kappa shape index (κ2) is 12.5. The summed E-state index contributed by atoms with van der Waals surface area (Å²) >= 11 is 0. The van der Waals surface area contributed by atoms with Crippen molar-refractivity contribution >= 4 is 17.3 Å². The standard InChI is InChI=1S/C23H28N2O3/c1-3-15-27-17-13-25(14-18-28-16-4-2)22-12-8-11-21(19-22)24-23(26)20-9-6-5-7-10-20/h3-12,19H,1-2,13-18H2,(H,24,26). The Balaban J connectivity index is 2.04. The molecule has 0 bridgehead atoms. The van der Waals surface area contributed by atoms with E-state index < -0.39 is 0 Å². The number of nitrogens with zero attached hydrogens (tertiary/aromatic N) is 1. The van der Waals surface area contributed by atoms with Crippen LogP contribution in [0.5, 0.6) is 0 Å². The zero-order valence-electron chi connectivity index (χ0n) is 16.2. The van der Waals surface area contributed by atoms with Crippen LogP contribution in [0, 0.1) is 0 Å². The summed E-state index contributed by atoms with van der Waals surface area (Å²) in [6, 6.07) is 16.9. The quantitative estimate of drug-likeness (QED) is 0.419. The van der Waals surface area contributed by atoms with Gasteiger partial charge in [0.25, 0.3) is 5.91 Å². The summed E-state index contributed by atoms with van der Waals surface area (Å²) in [6.45, 7) is 10.9.